The monoisotopic (exact) mass is 304 g/mol. The fourth-order valence-corrected chi connectivity index (χ4v) is 2.31. The Labute approximate surface area is 127 Å². The molecule has 110 valence electrons. The molecule has 21 heavy (non-hydrogen) atoms. The van der Waals surface area contributed by atoms with Crippen molar-refractivity contribution in [3.05, 3.63) is 46.7 Å². The van der Waals surface area contributed by atoms with Crippen LogP contribution in [0, 0.1) is 0 Å². The lowest BCUT2D eigenvalue weighted by atomic mass is 10.2. The summed E-state index contributed by atoms with van der Waals surface area (Å²) in [7, 11) is 1.64. The molecule has 0 atom stereocenters. The van der Waals surface area contributed by atoms with Crippen LogP contribution < -0.4 is 10.2 Å². The van der Waals surface area contributed by atoms with Crippen molar-refractivity contribution in [2.24, 2.45) is 0 Å². The van der Waals surface area contributed by atoms with Gasteiger partial charge in [0.2, 0.25) is 0 Å². The number of hydrogen-bond donors (Lipinski definition) is 1. The van der Waals surface area contributed by atoms with Gasteiger partial charge in [0, 0.05) is 18.4 Å². The number of anilines is 2. The molecule has 2 rings (SSSR count). The van der Waals surface area contributed by atoms with E-state index in [1.54, 1.807) is 44.3 Å². The number of nitrogens with zero attached hydrogens (tertiary/aromatic N) is 1. The average molecular weight is 304 g/mol. The maximum atomic E-state index is 11.9. The summed E-state index contributed by atoms with van der Waals surface area (Å²) in [6.07, 6.45) is -0.409. The lowest BCUT2D eigenvalue weighted by Crippen LogP contribution is -2.26. The first kappa shape index (κ1) is 15.1. The lowest BCUT2D eigenvalue weighted by Gasteiger charge is -2.16. The highest BCUT2D eigenvalue weighted by Crippen LogP contribution is 2.19. The van der Waals surface area contributed by atoms with Crippen molar-refractivity contribution < 1.29 is 14.3 Å². The number of carbonyl (C=O) groups is 2. The standard InChI is InChI=1S/C15H16N2O3S/c1-3-20-15(19)17(2)12-8-6-11(7-9-12)16-14(18)13-5-4-10-21-13/h4-10H,3H2,1-2H3,(H,16,18). The summed E-state index contributed by atoms with van der Waals surface area (Å²) < 4.78 is 4.92. The Morgan fingerprint density at radius 1 is 1.24 bits per heavy atom. The van der Waals surface area contributed by atoms with Gasteiger partial charge in [0.1, 0.15) is 0 Å². The molecule has 1 aromatic heterocycles. The molecule has 1 heterocycles. The number of benzene rings is 1. The summed E-state index contributed by atoms with van der Waals surface area (Å²) in [6.45, 7) is 2.09. The average Bonchev–Trinajstić information content (AvgIpc) is 3.02. The largest absolute Gasteiger partial charge is 0.449 e. The van der Waals surface area contributed by atoms with Crippen LogP contribution >= 0.6 is 11.3 Å². The van der Waals surface area contributed by atoms with Gasteiger partial charge in [0.15, 0.2) is 0 Å². The highest BCUT2D eigenvalue weighted by Gasteiger charge is 2.12. The van der Waals surface area contributed by atoms with E-state index in [2.05, 4.69) is 5.32 Å². The van der Waals surface area contributed by atoms with Crippen molar-refractivity contribution in [3.63, 3.8) is 0 Å². The number of amides is 2. The first-order valence-electron chi connectivity index (χ1n) is 6.47. The van der Waals surface area contributed by atoms with E-state index >= 15 is 0 Å². The van der Waals surface area contributed by atoms with Crippen LogP contribution in [-0.2, 0) is 4.74 Å². The van der Waals surface area contributed by atoms with Gasteiger partial charge < -0.3 is 10.1 Å². The Balaban J connectivity index is 2.02. The second kappa shape index (κ2) is 6.90. The number of hydrogen-bond acceptors (Lipinski definition) is 4. The number of nitrogens with one attached hydrogen (secondary N) is 1. The smallest absolute Gasteiger partial charge is 0.413 e. The molecule has 0 aliphatic rings. The number of carbonyl (C=O) groups excluding carboxylic acids is 2. The van der Waals surface area contributed by atoms with Crippen LogP contribution in [-0.4, -0.2) is 25.7 Å². The van der Waals surface area contributed by atoms with Gasteiger partial charge in [0.25, 0.3) is 5.91 Å². The van der Waals surface area contributed by atoms with Crippen molar-refractivity contribution in [3.8, 4) is 0 Å². The third kappa shape index (κ3) is 3.82. The predicted molar refractivity (Wildman–Crippen MR) is 84.1 cm³/mol. The van der Waals surface area contributed by atoms with Crippen molar-refractivity contribution >= 4 is 34.7 Å². The normalized spacial score (nSPS) is 10.0. The highest BCUT2D eigenvalue weighted by atomic mass is 32.1. The molecule has 2 aromatic rings. The third-order valence-electron chi connectivity index (χ3n) is 2.80. The highest BCUT2D eigenvalue weighted by molar-refractivity contribution is 7.12. The van der Waals surface area contributed by atoms with E-state index in [0.29, 0.717) is 22.9 Å². The summed E-state index contributed by atoms with van der Waals surface area (Å²) in [4.78, 5) is 25.6. The van der Waals surface area contributed by atoms with E-state index in [9.17, 15) is 9.59 Å². The molecule has 0 radical (unpaired) electrons. The van der Waals surface area contributed by atoms with E-state index < -0.39 is 6.09 Å². The van der Waals surface area contributed by atoms with Crippen molar-refractivity contribution in [2.75, 3.05) is 23.9 Å². The Kier molecular flexibility index (Phi) is 4.94. The van der Waals surface area contributed by atoms with Crippen molar-refractivity contribution in [1.82, 2.24) is 0 Å². The summed E-state index contributed by atoms with van der Waals surface area (Å²) >= 11 is 1.39. The van der Waals surface area contributed by atoms with Crippen LogP contribution in [0.2, 0.25) is 0 Å². The van der Waals surface area contributed by atoms with Gasteiger partial charge in [-0.05, 0) is 42.6 Å². The summed E-state index contributed by atoms with van der Waals surface area (Å²) in [5.74, 6) is -0.142. The van der Waals surface area contributed by atoms with Gasteiger partial charge in [0.05, 0.1) is 11.5 Å². The van der Waals surface area contributed by atoms with E-state index in [0.717, 1.165) is 0 Å². The Bertz CT molecular complexity index is 608. The Morgan fingerprint density at radius 3 is 2.52 bits per heavy atom. The van der Waals surface area contributed by atoms with Gasteiger partial charge in [-0.3, -0.25) is 9.69 Å². The molecule has 1 N–H and O–H groups in total. The number of rotatable bonds is 4. The molecule has 1 aromatic carbocycles. The van der Waals surface area contributed by atoms with Gasteiger partial charge in [-0.15, -0.1) is 11.3 Å². The molecule has 0 fully saturated rings. The van der Waals surface area contributed by atoms with Crippen LogP contribution in [0.1, 0.15) is 16.6 Å². The molecule has 0 saturated heterocycles. The molecule has 0 bridgehead atoms. The summed E-state index contributed by atoms with van der Waals surface area (Å²) in [5.41, 5.74) is 1.37. The first-order valence-corrected chi connectivity index (χ1v) is 7.35. The fourth-order valence-electron chi connectivity index (χ4n) is 1.69. The van der Waals surface area contributed by atoms with Crippen LogP contribution in [0.15, 0.2) is 41.8 Å². The first-order chi connectivity index (χ1) is 10.1. The quantitative estimate of drug-likeness (QED) is 0.939. The maximum absolute atomic E-state index is 11.9. The molecule has 6 heteroatoms. The Hall–Kier alpha value is -2.34. The van der Waals surface area contributed by atoms with Crippen LogP contribution in [0.3, 0.4) is 0 Å². The van der Waals surface area contributed by atoms with Gasteiger partial charge >= 0.3 is 6.09 Å². The van der Waals surface area contributed by atoms with Crippen LogP contribution in [0.4, 0.5) is 16.2 Å². The van der Waals surface area contributed by atoms with E-state index in [4.69, 9.17) is 4.74 Å². The zero-order valence-corrected chi connectivity index (χ0v) is 12.6. The molecule has 0 saturated carbocycles. The number of ether oxygens (including phenoxy) is 1. The van der Waals surface area contributed by atoms with Gasteiger partial charge in [-0.1, -0.05) is 6.07 Å². The maximum Gasteiger partial charge on any atom is 0.413 e. The minimum Gasteiger partial charge on any atom is -0.449 e. The number of thiophene rings is 1. The second-order valence-electron chi connectivity index (χ2n) is 4.24. The minimum absolute atomic E-state index is 0.142. The van der Waals surface area contributed by atoms with Crippen molar-refractivity contribution in [2.45, 2.75) is 6.92 Å². The van der Waals surface area contributed by atoms with Gasteiger partial charge in [-0.25, -0.2) is 4.79 Å². The summed E-state index contributed by atoms with van der Waals surface area (Å²) in [5, 5.41) is 4.66. The lowest BCUT2D eigenvalue weighted by molar-refractivity contribution is 0.103. The molecule has 0 aliphatic heterocycles. The molecule has 5 nitrogen and oxygen atoms in total. The topological polar surface area (TPSA) is 58.6 Å². The molecule has 0 spiro atoms. The fraction of sp³-hybridized carbons (Fsp3) is 0.200. The molecular weight excluding hydrogens is 288 g/mol. The van der Waals surface area contributed by atoms with Gasteiger partial charge in [-0.2, -0.15) is 0 Å². The second-order valence-corrected chi connectivity index (χ2v) is 5.18. The minimum atomic E-state index is -0.409. The zero-order valence-electron chi connectivity index (χ0n) is 11.8. The molecular formula is C15H16N2O3S. The van der Waals surface area contributed by atoms with Crippen LogP contribution in [0.25, 0.3) is 0 Å². The SMILES string of the molecule is CCOC(=O)N(C)c1ccc(NC(=O)c2cccs2)cc1. The molecule has 0 unspecified atom stereocenters. The summed E-state index contributed by atoms with van der Waals surface area (Å²) in [6, 6.07) is 10.6. The molecule has 0 aliphatic carbocycles. The van der Waals surface area contributed by atoms with Crippen LogP contribution in [0.5, 0.6) is 0 Å². The Morgan fingerprint density at radius 2 is 1.95 bits per heavy atom. The predicted octanol–water partition coefficient (Wildman–Crippen LogP) is 3.59. The third-order valence-corrected chi connectivity index (χ3v) is 3.67. The van der Waals surface area contributed by atoms with E-state index in [1.807, 2.05) is 11.4 Å². The van der Waals surface area contributed by atoms with E-state index in [1.165, 1.54) is 16.2 Å². The van der Waals surface area contributed by atoms with Crippen molar-refractivity contribution in [1.29, 1.82) is 0 Å². The van der Waals surface area contributed by atoms with E-state index in [-0.39, 0.29) is 5.91 Å². The molecule has 2 amide bonds. The zero-order chi connectivity index (χ0) is 15.2.